The number of hydrogen-bond acceptors (Lipinski definition) is 6. The van der Waals surface area contributed by atoms with Gasteiger partial charge in [-0.3, -0.25) is 4.79 Å². The lowest BCUT2D eigenvalue weighted by Gasteiger charge is -2.18. The summed E-state index contributed by atoms with van der Waals surface area (Å²) in [6, 6.07) is 5.59. The first-order valence-corrected chi connectivity index (χ1v) is 7.39. The van der Waals surface area contributed by atoms with Gasteiger partial charge < -0.3 is 18.9 Å². The molecular weight excluding hydrogens is 298 g/mol. The van der Waals surface area contributed by atoms with E-state index in [1.54, 1.807) is 26.0 Å². The summed E-state index contributed by atoms with van der Waals surface area (Å²) in [6.45, 7) is 2.81. The van der Waals surface area contributed by atoms with Gasteiger partial charge in [-0.15, -0.1) is 0 Å². The maximum Gasteiger partial charge on any atom is 0.223 e. The standard InChI is InChI=1S/C16H19N3O4/c1-10-17-16(18-23-10)12-6-15(20)19(9-12)8-11-4-5-13(21-2)7-14(11)22-3/h4-5,7,12H,6,8-9H2,1-3H3. The Kier molecular flexibility index (Phi) is 4.18. The van der Waals surface area contributed by atoms with Crippen molar-refractivity contribution in [3.05, 3.63) is 35.5 Å². The van der Waals surface area contributed by atoms with E-state index in [9.17, 15) is 4.79 Å². The van der Waals surface area contributed by atoms with E-state index in [1.165, 1.54) is 0 Å². The second kappa shape index (κ2) is 6.28. The number of nitrogens with zero attached hydrogens (tertiary/aromatic N) is 3. The van der Waals surface area contributed by atoms with Gasteiger partial charge in [0.1, 0.15) is 11.5 Å². The molecular formula is C16H19N3O4. The SMILES string of the molecule is COc1ccc(CN2CC(c3noc(C)n3)CC2=O)c(OC)c1. The average molecular weight is 317 g/mol. The number of ether oxygens (including phenoxy) is 2. The minimum atomic E-state index is -0.0239. The quantitative estimate of drug-likeness (QED) is 0.838. The molecule has 122 valence electrons. The first-order chi connectivity index (χ1) is 11.1. The van der Waals surface area contributed by atoms with Gasteiger partial charge in [-0.2, -0.15) is 4.98 Å². The topological polar surface area (TPSA) is 77.7 Å². The first-order valence-electron chi connectivity index (χ1n) is 7.39. The van der Waals surface area contributed by atoms with E-state index < -0.39 is 0 Å². The minimum absolute atomic E-state index is 0.0239. The molecule has 0 saturated carbocycles. The van der Waals surface area contributed by atoms with Crippen LogP contribution in [0.25, 0.3) is 0 Å². The number of amides is 1. The number of benzene rings is 1. The zero-order valence-electron chi connectivity index (χ0n) is 13.4. The zero-order valence-corrected chi connectivity index (χ0v) is 13.4. The Bertz CT molecular complexity index is 713. The summed E-state index contributed by atoms with van der Waals surface area (Å²) in [7, 11) is 3.21. The van der Waals surface area contributed by atoms with E-state index in [1.807, 2.05) is 18.2 Å². The molecule has 1 aliphatic heterocycles. The molecule has 0 radical (unpaired) electrons. The summed E-state index contributed by atoms with van der Waals surface area (Å²) in [5.74, 6) is 2.59. The summed E-state index contributed by atoms with van der Waals surface area (Å²) >= 11 is 0. The van der Waals surface area contributed by atoms with Crippen LogP contribution in [0.4, 0.5) is 0 Å². The fourth-order valence-electron chi connectivity index (χ4n) is 2.77. The third-order valence-electron chi connectivity index (χ3n) is 3.98. The van der Waals surface area contributed by atoms with Crippen LogP contribution >= 0.6 is 0 Å². The van der Waals surface area contributed by atoms with Crippen molar-refractivity contribution in [2.45, 2.75) is 25.8 Å². The van der Waals surface area contributed by atoms with Crippen molar-refractivity contribution >= 4 is 5.91 Å². The van der Waals surface area contributed by atoms with Crippen molar-refractivity contribution in [3.8, 4) is 11.5 Å². The second-order valence-electron chi connectivity index (χ2n) is 5.52. The molecule has 2 heterocycles. The molecule has 7 heteroatoms. The van der Waals surface area contributed by atoms with Crippen LogP contribution in [-0.2, 0) is 11.3 Å². The highest BCUT2D eigenvalue weighted by molar-refractivity contribution is 5.79. The van der Waals surface area contributed by atoms with Gasteiger partial charge in [0.05, 0.1) is 14.2 Å². The third kappa shape index (κ3) is 3.13. The summed E-state index contributed by atoms with van der Waals surface area (Å²) in [4.78, 5) is 18.3. The predicted octanol–water partition coefficient (Wildman–Crippen LogP) is 1.91. The Morgan fingerprint density at radius 3 is 2.83 bits per heavy atom. The van der Waals surface area contributed by atoms with Crippen LogP contribution in [-0.4, -0.2) is 41.7 Å². The van der Waals surface area contributed by atoms with Gasteiger partial charge in [-0.25, -0.2) is 0 Å². The number of methoxy groups -OCH3 is 2. The van der Waals surface area contributed by atoms with Crippen LogP contribution in [0.2, 0.25) is 0 Å². The molecule has 1 aliphatic rings. The Morgan fingerprint density at radius 2 is 2.17 bits per heavy atom. The number of likely N-dealkylation sites (tertiary alicyclic amines) is 1. The monoisotopic (exact) mass is 317 g/mol. The second-order valence-corrected chi connectivity index (χ2v) is 5.52. The Morgan fingerprint density at radius 1 is 1.35 bits per heavy atom. The first kappa shape index (κ1) is 15.3. The van der Waals surface area contributed by atoms with Crippen LogP contribution in [0.3, 0.4) is 0 Å². The van der Waals surface area contributed by atoms with Crippen molar-refractivity contribution in [2.24, 2.45) is 0 Å². The number of aromatic nitrogens is 2. The molecule has 1 unspecified atom stereocenters. The van der Waals surface area contributed by atoms with Gasteiger partial charge in [0.25, 0.3) is 0 Å². The maximum atomic E-state index is 12.3. The third-order valence-corrected chi connectivity index (χ3v) is 3.98. The van der Waals surface area contributed by atoms with Crippen molar-refractivity contribution in [3.63, 3.8) is 0 Å². The van der Waals surface area contributed by atoms with Crippen molar-refractivity contribution < 1.29 is 18.8 Å². The van der Waals surface area contributed by atoms with E-state index in [4.69, 9.17) is 14.0 Å². The number of carbonyl (C=O) groups is 1. The molecule has 1 saturated heterocycles. The molecule has 0 spiro atoms. The number of rotatable bonds is 5. The Labute approximate surface area is 134 Å². The lowest BCUT2D eigenvalue weighted by Crippen LogP contribution is -2.24. The van der Waals surface area contributed by atoms with Gasteiger partial charge >= 0.3 is 0 Å². The van der Waals surface area contributed by atoms with Crippen molar-refractivity contribution in [1.29, 1.82) is 0 Å². The van der Waals surface area contributed by atoms with E-state index in [0.717, 1.165) is 11.3 Å². The minimum Gasteiger partial charge on any atom is -0.497 e. The molecule has 1 aromatic heterocycles. The number of carbonyl (C=O) groups excluding carboxylic acids is 1. The molecule has 7 nitrogen and oxygen atoms in total. The highest BCUT2D eigenvalue weighted by Crippen LogP contribution is 2.31. The van der Waals surface area contributed by atoms with Gasteiger partial charge in [-0.05, 0) is 12.1 Å². The Hall–Kier alpha value is -2.57. The molecule has 0 bridgehead atoms. The van der Waals surface area contributed by atoms with Gasteiger partial charge in [0.2, 0.25) is 11.8 Å². The molecule has 23 heavy (non-hydrogen) atoms. The van der Waals surface area contributed by atoms with Crippen LogP contribution in [0.5, 0.6) is 11.5 Å². The molecule has 1 fully saturated rings. The highest BCUT2D eigenvalue weighted by Gasteiger charge is 2.33. The molecule has 3 rings (SSSR count). The van der Waals surface area contributed by atoms with Crippen LogP contribution < -0.4 is 9.47 Å². The largest absolute Gasteiger partial charge is 0.497 e. The van der Waals surface area contributed by atoms with Crippen LogP contribution in [0.15, 0.2) is 22.7 Å². The maximum absolute atomic E-state index is 12.3. The summed E-state index contributed by atoms with van der Waals surface area (Å²) in [6.07, 6.45) is 0.400. The Balaban J connectivity index is 1.74. The molecule has 1 atom stereocenters. The van der Waals surface area contributed by atoms with E-state index in [2.05, 4.69) is 10.1 Å². The average Bonchev–Trinajstić information content (AvgIpc) is 3.14. The molecule has 0 N–H and O–H groups in total. The fourth-order valence-corrected chi connectivity index (χ4v) is 2.77. The zero-order chi connectivity index (χ0) is 16.4. The van der Waals surface area contributed by atoms with Crippen LogP contribution in [0.1, 0.15) is 29.6 Å². The highest BCUT2D eigenvalue weighted by atomic mass is 16.5. The molecule has 2 aromatic rings. The molecule has 1 aromatic carbocycles. The van der Waals surface area contributed by atoms with Crippen molar-refractivity contribution in [1.82, 2.24) is 15.0 Å². The van der Waals surface area contributed by atoms with E-state index in [0.29, 0.717) is 37.0 Å². The number of hydrogen-bond donors (Lipinski definition) is 0. The summed E-state index contributed by atoms with van der Waals surface area (Å²) in [5, 5.41) is 3.92. The predicted molar refractivity (Wildman–Crippen MR) is 81.4 cm³/mol. The normalized spacial score (nSPS) is 17.6. The van der Waals surface area contributed by atoms with Gasteiger partial charge in [0.15, 0.2) is 5.82 Å². The lowest BCUT2D eigenvalue weighted by atomic mass is 10.1. The smallest absolute Gasteiger partial charge is 0.223 e. The van der Waals surface area contributed by atoms with Gasteiger partial charge in [0, 0.05) is 44.0 Å². The number of aryl methyl sites for hydroxylation is 1. The van der Waals surface area contributed by atoms with Crippen molar-refractivity contribution in [2.75, 3.05) is 20.8 Å². The molecule has 1 amide bonds. The fraction of sp³-hybridized carbons (Fsp3) is 0.438. The van der Waals surface area contributed by atoms with E-state index in [-0.39, 0.29) is 11.8 Å². The van der Waals surface area contributed by atoms with Crippen LogP contribution in [0, 0.1) is 6.92 Å². The van der Waals surface area contributed by atoms with E-state index >= 15 is 0 Å². The van der Waals surface area contributed by atoms with Gasteiger partial charge in [-0.1, -0.05) is 5.16 Å². The summed E-state index contributed by atoms with van der Waals surface area (Å²) < 4.78 is 15.6. The lowest BCUT2D eigenvalue weighted by molar-refractivity contribution is -0.128. The summed E-state index contributed by atoms with van der Waals surface area (Å²) in [5.41, 5.74) is 0.937. The molecule has 0 aliphatic carbocycles.